The van der Waals surface area contributed by atoms with Crippen LogP contribution in [0.1, 0.15) is 11.1 Å². The second-order valence-corrected chi connectivity index (χ2v) is 6.35. The third-order valence-corrected chi connectivity index (χ3v) is 4.92. The SMILES string of the molecule is Oc1cccc(CC(CCl)(CCl)c2cccc(Br)c2)c1. The van der Waals surface area contributed by atoms with E-state index in [1.165, 1.54) is 0 Å². The summed E-state index contributed by atoms with van der Waals surface area (Å²) in [5, 5.41) is 9.60. The Morgan fingerprint density at radius 3 is 2.30 bits per heavy atom. The highest BCUT2D eigenvalue weighted by molar-refractivity contribution is 9.10. The lowest BCUT2D eigenvalue weighted by Crippen LogP contribution is -2.33. The number of hydrogen-bond acceptors (Lipinski definition) is 1. The van der Waals surface area contributed by atoms with Crippen LogP contribution in [0.2, 0.25) is 0 Å². The van der Waals surface area contributed by atoms with Gasteiger partial charge in [0.1, 0.15) is 5.75 Å². The molecular weight excluding hydrogens is 359 g/mol. The highest BCUT2D eigenvalue weighted by atomic mass is 79.9. The van der Waals surface area contributed by atoms with E-state index < -0.39 is 0 Å². The van der Waals surface area contributed by atoms with Crippen molar-refractivity contribution in [2.24, 2.45) is 0 Å². The normalized spacial score (nSPS) is 11.6. The average Bonchev–Trinajstić information content (AvgIpc) is 2.45. The first-order chi connectivity index (χ1) is 9.59. The quantitative estimate of drug-likeness (QED) is 0.721. The van der Waals surface area contributed by atoms with Gasteiger partial charge in [-0.3, -0.25) is 0 Å². The summed E-state index contributed by atoms with van der Waals surface area (Å²) in [5.41, 5.74) is 1.77. The second-order valence-electron chi connectivity index (χ2n) is 4.90. The molecule has 2 aromatic rings. The van der Waals surface area contributed by atoms with Crippen LogP contribution in [0.4, 0.5) is 0 Å². The maximum Gasteiger partial charge on any atom is 0.115 e. The fourth-order valence-electron chi connectivity index (χ4n) is 2.26. The van der Waals surface area contributed by atoms with Crippen molar-refractivity contribution >= 4 is 39.1 Å². The summed E-state index contributed by atoms with van der Waals surface area (Å²) in [6.45, 7) is 0. The zero-order valence-electron chi connectivity index (χ0n) is 10.8. The molecule has 0 aliphatic carbocycles. The Bertz CT molecular complexity index is 582. The van der Waals surface area contributed by atoms with Crippen LogP contribution < -0.4 is 0 Å². The van der Waals surface area contributed by atoms with Crippen molar-refractivity contribution in [2.45, 2.75) is 11.8 Å². The summed E-state index contributed by atoms with van der Waals surface area (Å²) in [7, 11) is 0. The summed E-state index contributed by atoms with van der Waals surface area (Å²) < 4.78 is 1.01. The molecule has 0 aromatic heterocycles. The first kappa shape index (κ1) is 15.7. The molecule has 0 atom stereocenters. The molecule has 0 amide bonds. The van der Waals surface area contributed by atoms with Gasteiger partial charge in [0.15, 0.2) is 0 Å². The highest BCUT2D eigenvalue weighted by Crippen LogP contribution is 2.33. The van der Waals surface area contributed by atoms with Crippen molar-refractivity contribution in [2.75, 3.05) is 11.8 Å². The highest BCUT2D eigenvalue weighted by Gasteiger charge is 2.31. The molecule has 4 heteroatoms. The summed E-state index contributed by atoms with van der Waals surface area (Å²) >= 11 is 16.0. The predicted octanol–water partition coefficient (Wildman–Crippen LogP) is 5.11. The molecule has 0 unspecified atom stereocenters. The molecule has 0 fully saturated rings. The molecule has 0 aliphatic rings. The maximum atomic E-state index is 9.60. The van der Waals surface area contributed by atoms with Crippen LogP contribution in [0.5, 0.6) is 5.75 Å². The standard InChI is InChI=1S/C16H15BrCl2O/c17-14-5-2-4-13(8-14)16(10-18,11-19)9-12-3-1-6-15(20)7-12/h1-8,20H,9-11H2. The Balaban J connectivity index is 2.39. The zero-order valence-corrected chi connectivity index (χ0v) is 13.9. The molecule has 0 heterocycles. The average molecular weight is 374 g/mol. The molecule has 20 heavy (non-hydrogen) atoms. The minimum Gasteiger partial charge on any atom is -0.508 e. The zero-order chi connectivity index (χ0) is 14.6. The van der Waals surface area contributed by atoms with Gasteiger partial charge in [-0.1, -0.05) is 40.2 Å². The molecule has 0 saturated heterocycles. The second kappa shape index (κ2) is 6.84. The van der Waals surface area contributed by atoms with Crippen LogP contribution in [0, 0.1) is 0 Å². The Kier molecular flexibility index (Phi) is 5.36. The Morgan fingerprint density at radius 1 is 1.00 bits per heavy atom. The van der Waals surface area contributed by atoms with E-state index in [0.717, 1.165) is 15.6 Å². The van der Waals surface area contributed by atoms with Gasteiger partial charge in [0.2, 0.25) is 0 Å². The summed E-state index contributed by atoms with van der Waals surface area (Å²) in [6, 6.07) is 15.3. The lowest BCUT2D eigenvalue weighted by atomic mass is 9.79. The van der Waals surface area contributed by atoms with Gasteiger partial charge < -0.3 is 5.11 Å². The van der Waals surface area contributed by atoms with Gasteiger partial charge in [0.05, 0.1) is 0 Å². The molecule has 0 spiro atoms. The molecule has 2 aromatic carbocycles. The van der Waals surface area contributed by atoms with Gasteiger partial charge in [0, 0.05) is 21.6 Å². The Labute approximate surface area is 137 Å². The number of rotatable bonds is 5. The summed E-state index contributed by atoms with van der Waals surface area (Å²) in [4.78, 5) is 0. The molecule has 1 nitrogen and oxygen atoms in total. The predicted molar refractivity (Wildman–Crippen MR) is 89.1 cm³/mol. The van der Waals surface area contributed by atoms with Crippen LogP contribution in [-0.4, -0.2) is 16.9 Å². The van der Waals surface area contributed by atoms with Crippen molar-refractivity contribution in [3.05, 3.63) is 64.1 Å². The van der Waals surface area contributed by atoms with Crippen molar-refractivity contribution in [3.63, 3.8) is 0 Å². The van der Waals surface area contributed by atoms with E-state index in [-0.39, 0.29) is 11.2 Å². The van der Waals surface area contributed by atoms with Gasteiger partial charge in [0.25, 0.3) is 0 Å². The third kappa shape index (κ3) is 3.49. The van der Waals surface area contributed by atoms with E-state index in [9.17, 15) is 5.11 Å². The molecule has 0 saturated carbocycles. The fraction of sp³-hybridized carbons (Fsp3) is 0.250. The Hall–Kier alpha value is -0.700. The van der Waals surface area contributed by atoms with E-state index in [1.807, 2.05) is 36.4 Å². The van der Waals surface area contributed by atoms with Crippen molar-refractivity contribution in [3.8, 4) is 5.75 Å². The van der Waals surface area contributed by atoms with E-state index >= 15 is 0 Å². The van der Waals surface area contributed by atoms with Crippen molar-refractivity contribution in [1.82, 2.24) is 0 Å². The number of benzene rings is 2. The number of aromatic hydroxyl groups is 1. The van der Waals surface area contributed by atoms with Crippen LogP contribution in [0.15, 0.2) is 53.0 Å². The minimum absolute atomic E-state index is 0.259. The van der Waals surface area contributed by atoms with Gasteiger partial charge in [-0.05, 0) is 41.8 Å². The molecule has 0 bridgehead atoms. The lowest BCUT2D eigenvalue weighted by molar-refractivity contribution is 0.472. The molecule has 106 valence electrons. The minimum atomic E-state index is -0.347. The molecule has 0 aliphatic heterocycles. The van der Waals surface area contributed by atoms with Gasteiger partial charge in [-0.25, -0.2) is 0 Å². The smallest absolute Gasteiger partial charge is 0.115 e. The van der Waals surface area contributed by atoms with Gasteiger partial charge in [-0.15, -0.1) is 23.2 Å². The number of halogens is 3. The monoisotopic (exact) mass is 372 g/mol. The van der Waals surface area contributed by atoms with E-state index in [0.29, 0.717) is 18.2 Å². The van der Waals surface area contributed by atoms with E-state index in [1.54, 1.807) is 12.1 Å². The fourth-order valence-corrected chi connectivity index (χ4v) is 3.44. The number of hydrogen-bond donors (Lipinski definition) is 1. The number of phenolic OH excluding ortho intramolecular Hbond substituents is 1. The third-order valence-electron chi connectivity index (χ3n) is 3.40. The van der Waals surface area contributed by atoms with Crippen molar-refractivity contribution < 1.29 is 5.11 Å². The van der Waals surface area contributed by atoms with Crippen LogP contribution in [0.3, 0.4) is 0 Å². The van der Waals surface area contributed by atoms with E-state index in [4.69, 9.17) is 23.2 Å². The molecular formula is C16H15BrCl2O. The largest absolute Gasteiger partial charge is 0.508 e. The molecule has 1 N–H and O–H groups in total. The topological polar surface area (TPSA) is 20.2 Å². The van der Waals surface area contributed by atoms with Crippen LogP contribution in [-0.2, 0) is 11.8 Å². The van der Waals surface area contributed by atoms with Crippen LogP contribution in [0.25, 0.3) is 0 Å². The van der Waals surface area contributed by atoms with Gasteiger partial charge >= 0.3 is 0 Å². The summed E-state index contributed by atoms with van der Waals surface area (Å²) in [6.07, 6.45) is 0.685. The van der Waals surface area contributed by atoms with Gasteiger partial charge in [-0.2, -0.15) is 0 Å². The molecule has 2 rings (SSSR count). The first-order valence-electron chi connectivity index (χ1n) is 6.25. The number of alkyl halides is 2. The first-order valence-corrected chi connectivity index (χ1v) is 8.12. The maximum absolute atomic E-state index is 9.60. The van der Waals surface area contributed by atoms with E-state index in [2.05, 4.69) is 15.9 Å². The lowest BCUT2D eigenvalue weighted by Gasteiger charge is -2.30. The molecule has 0 radical (unpaired) electrons. The van der Waals surface area contributed by atoms with Crippen LogP contribution >= 0.6 is 39.1 Å². The number of phenols is 1. The Morgan fingerprint density at radius 2 is 1.70 bits per heavy atom. The summed E-state index contributed by atoms with van der Waals surface area (Å²) in [5.74, 6) is 1.10. The van der Waals surface area contributed by atoms with Crippen molar-refractivity contribution in [1.29, 1.82) is 0 Å².